The third kappa shape index (κ3) is 3.63. The Balaban J connectivity index is 1.49. The van der Waals surface area contributed by atoms with Crippen molar-refractivity contribution >= 4 is 0 Å². The second-order valence-corrected chi connectivity index (χ2v) is 12.7. The molecule has 4 rings (SSSR count). The first-order chi connectivity index (χ1) is 13.7. The van der Waals surface area contributed by atoms with Gasteiger partial charge in [0.1, 0.15) is 0 Å². The molecule has 0 bridgehead atoms. The van der Waals surface area contributed by atoms with Crippen molar-refractivity contribution in [3.05, 3.63) is 0 Å². The lowest BCUT2D eigenvalue weighted by Gasteiger charge is -2.62. The van der Waals surface area contributed by atoms with Crippen LogP contribution in [0.25, 0.3) is 0 Å². The summed E-state index contributed by atoms with van der Waals surface area (Å²) >= 11 is 0. The van der Waals surface area contributed by atoms with Crippen LogP contribution in [-0.4, -0.2) is 22.4 Å². The summed E-state index contributed by atoms with van der Waals surface area (Å²) in [6, 6.07) is 0. The number of fused-ring (bicyclic) bond motifs is 5. The summed E-state index contributed by atoms with van der Waals surface area (Å²) in [5, 5.41) is 21.4. The van der Waals surface area contributed by atoms with Crippen LogP contribution in [0.2, 0.25) is 0 Å². The van der Waals surface area contributed by atoms with Gasteiger partial charge in [-0.3, -0.25) is 0 Å². The van der Waals surface area contributed by atoms with E-state index in [1.54, 1.807) is 0 Å². The Morgan fingerprint density at radius 3 is 2.34 bits per heavy atom. The van der Waals surface area contributed by atoms with Gasteiger partial charge in [0.2, 0.25) is 0 Å². The molecule has 10 atom stereocenters. The molecule has 2 heteroatoms. The molecule has 0 amide bonds. The van der Waals surface area contributed by atoms with E-state index < -0.39 is 0 Å². The van der Waals surface area contributed by atoms with Crippen molar-refractivity contribution in [1.82, 2.24) is 0 Å². The average molecular weight is 405 g/mol. The first-order valence-corrected chi connectivity index (χ1v) is 13.0. The van der Waals surface area contributed by atoms with Crippen LogP contribution >= 0.6 is 0 Å². The quantitative estimate of drug-likeness (QED) is 0.553. The molecule has 0 aromatic heterocycles. The smallest absolute Gasteiger partial charge is 0.0623 e. The highest BCUT2D eigenvalue weighted by Gasteiger charge is 2.62. The van der Waals surface area contributed by atoms with Gasteiger partial charge in [0, 0.05) is 0 Å². The molecule has 0 aromatic rings. The van der Waals surface area contributed by atoms with Gasteiger partial charge >= 0.3 is 0 Å². The Morgan fingerprint density at radius 2 is 1.62 bits per heavy atom. The van der Waals surface area contributed by atoms with E-state index in [0.717, 1.165) is 36.0 Å². The zero-order valence-corrected chi connectivity index (χ0v) is 19.9. The molecule has 4 fully saturated rings. The third-order valence-electron chi connectivity index (χ3n) is 10.9. The summed E-state index contributed by atoms with van der Waals surface area (Å²) in [4.78, 5) is 0. The van der Waals surface area contributed by atoms with Gasteiger partial charge in [-0.25, -0.2) is 0 Å². The molecule has 168 valence electrons. The van der Waals surface area contributed by atoms with Crippen LogP contribution in [0.1, 0.15) is 105 Å². The lowest BCUT2D eigenvalue weighted by molar-refractivity contribution is -0.182. The Bertz CT molecular complexity index is 573. The molecular weight excluding hydrogens is 356 g/mol. The Labute approximate surface area is 180 Å². The predicted octanol–water partition coefficient (Wildman–Crippen LogP) is 6.44. The highest BCUT2D eigenvalue weighted by molar-refractivity contribution is 5.11. The summed E-state index contributed by atoms with van der Waals surface area (Å²) in [7, 11) is 0. The standard InChI is InChI=1S/C27H48O2/c1-17(2)7-6-8-18(3)22-11-12-23-21-10-9-19-15-20(28)16-25(29)27(19,5)24(21)13-14-26(22,23)4/h17-25,28-29H,6-16H2,1-5H3/t18-,19?,20?,21+,22-,23+,24+,25+,26-,27+/m1/s1. The van der Waals surface area contributed by atoms with Crippen molar-refractivity contribution in [3.63, 3.8) is 0 Å². The highest BCUT2D eigenvalue weighted by atomic mass is 16.3. The van der Waals surface area contributed by atoms with E-state index in [1.807, 2.05) is 0 Å². The monoisotopic (exact) mass is 404 g/mol. The summed E-state index contributed by atoms with van der Waals surface area (Å²) in [6.45, 7) is 12.3. The van der Waals surface area contributed by atoms with Crippen LogP contribution < -0.4 is 0 Å². The minimum Gasteiger partial charge on any atom is -0.393 e. The fourth-order valence-electron chi connectivity index (χ4n) is 9.32. The first kappa shape index (κ1) is 22.1. The van der Waals surface area contributed by atoms with Crippen LogP contribution in [0, 0.1) is 52.3 Å². The van der Waals surface area contributed by atoms with Gasteiger partial charge in [0.05, 0.1) is 12.2 Å². The van der Waals surface area contributed by atoms with Crippen LogP contribution in [-0.2, 0) is 0 Å². The average Bonchev–Trinajstić information content (AvgIpc) is 3.00. The van der Waals surface area contributed by atoms with Crippen LogP contribution in [0.3, 0.4) is 0 Å². The molecule has 0 aromatic carbocycles. The van der Waals surface area contributed by atoms with Crippen LogP contribution in [0.4, 0.5) is 0 Å². The Kier molecular flexibility index (Phi) is 6.19. The highest BCUT2D eigenvalue weighted by Crippen LogP contribution is 2.68. The molecule has 0 saturated heterocycles. The van der Waals surface area contributed by atoms with E-state index in [0.29, 0.717) is 23.7 Å². The lowest BCUT2D eigenvalue weighted by Crippen LogP contribution is -2.59. The maximum Gasteiger partial charge on any atom is 0.0623 e. The van der Waals surface area contributed by atoms with E-state index in [-0.39, 0.29) is 17.6 Å². The van der Waals surface area contributed by atoms with Gasteiger partial charge in [-0.2, -0.15) is 0 Å². The van der Waals surface area contributed by atoms with Gasteiger partial charge in [-0.05, 0) is 104 Å². The molecular formula is C27H48O2. The fourth-order valence-corrected chi connectivity index (χ4v) is 9.32. The maximum atomic E-state index is 11.1. The first-order valence-electron chi connectivity index (χ1n) is 13.0. The molecule has 0 spiro atoms. The van der Waals surface area contributed by atoms with Crippen LogP contribution in [0.5, 0.6) is 0 Å². The molecule has 2 unspecified atom stereocenters. The second kappa shape index (κ2) is 8.12. The molecule has 4 aliphatic rings. The molecule has 0 radical (unpaired) electrons. The van der Waals surface area contributed by atoms with E-state index in [4.69, 9.17) is 0 Å². The topological polar surface area (TPSA) is 40.5 Å². The number of aliphatic hydroxyl groups excluding tert-OH is 2. The number of hydrogen-bond acceptors (Lipinski definition) is 2. The summed E-state index contributed by atoms with van der Waals surface area (Å²) in [5.74, 6) is 5.49. The minimum absolute atomic E-state index is 0.0461. The molecule has 4 aliphatic carbocycles. The molecule has 2 nitrogen and oxygen atoms in total. The summed E-state index contributed by atoms with van der Waals surface area (Å²) in [6.07, 6.45) is 13.3. The SMILES string of the molecule is CC(C)CCC[C@@H](C)[C@H]1CC[C@H]2[C@@H]3CCC4CC(O)C[C@H](O)[C@]4(C)[C@H]3CC[C@]12C. The van der Waals surface area contributed by atoms with Crippen molar-refractivity contribution in [2.75, 3.05) is 0 Å². The van der Waals surface area contributed by atoms with Crippen molar-refractivity contribution in [2.45, 2.75) is 117 Å². The molecule has 0 heterocycles. The van der Waals surface area contributed by atoms with E-state index in [9.17, 15) is 10.2 Å². The van der Waals surface area contributed by atoms with Crippen molar-refractivity contribution in [3.8, 4) is 0 Å². The van der Waals surface area contributed by atoms with Gasteiger partial charge in [0.15, 0.2) is 0 Å². The van der Waals surface area contributed by atoms with E-state index >= 15 is 0 Å². The van der Waals surface area contributed by atoms with Crippen molar-refractivity contribution < 1.29 is 10.2 Å². The van der Waals surface area contributed by atoms with Gasteiger partial charge in [-0.15, -0.1) is 0 Å². The Hall–Kier alpha value is -0.0800. The number of hydrogen-bond donors (Lipinski definition) is 2. The van der Waals surface area contributed by atoms with Gasteiger partial charge < -0.3 is 10.2 Å². The van der Waals surface area contributed by atoms with Crippen molar-refractivity contribution in [2.24, 2.45) is 52.3 Å². The molecule has 2 N–H and O–H groups in total. The molecule has 0 aliphatic heterocycles. The normalized spacial score (nSPS) is 50.7. The van der Waals surface area contributed by atoms with Gasteiger partial charge in [0.25, 0.3) is 0 Å². The van der Waals surface area contributed by atoms with Gasteiger partial charge in [-0.1, -0.05) is 53.9 Å². The number of aliphatic hydroxyl groups is 2. The second-order valence-electron chi connectivity index (χ2n) is 12.7. The summed E-state index contributed by atoms with van der Waals surface area (Å²) in [5.41, 5.74) is 0.575. The predicted molar refractivity (Wildman–Crippen MR) is 120 cm³/mol. The molecule has 29 heavy (non-hydrogen) atoms. The maximum absolute atomic E-state index is 11.1. The largest absolute Gasteiger partial charge is 0.393 e. The van der Waals surface area contributed by atoms with E-state index in [1.165, 1.54) is 57.8 Å². The zero-order valence-electron chi connectivity index (χ0n) is 19.9. The Morgan fingerprint density at radius 1 is 0.862 bits per heavy atom. The zero-order chi connectivity index (χ0) is 21.0. The van der Waals surface area contributed by atoms with Crippen LogP contribution in [0.15, 0.2) is 0 Å². The summed E-state index contributed by atoms with van der Waals surface area (Å²) < 4.78 is 0. The van der Waals surface area contributed by atoms with E-state index in [2.05, 4.69) is 34.6 Å². The van der Waals surface area contributed by atoms with Crippen molar-refractivity contribution in [1.29, 1.82) is 0 Å². The third-order valence-corrected chi connectivity index (χ3v) is 10.9. The fraction of sp³-hybridized carbons (Fsp3) is 1.00. The lowest BCUT2D eigenvalue weighted by atomic mass is 9.43. The minimum atomic E-state index is -0.305. The number of rotatable bonds is 5. The molecule has 4 saturated carbocycles.